The van der Waals surface area contributed by atoms with Crippen LogP contribution in [0.4, 0.5) is 11.6 Å². The molecule has 4 aliphatic rings. The zero-order valence-corrected chi connectivity index (χ0v) is 37.4. The van der Waals surface area contributed by atoms with Crippen molar-refractivity contribution in [1.29, 1.82) is 0 Å². The largest absolute Gasteiger partial charge is 0.379 e. The minimum Gasteiger partial charge on any atom is -0.379 e. The molecule has 0 atom stereocenters. The van der Waals surface area contributed by atoms with E-state index < -0.39 is 0 Å². The summed E-state index contributed by atoms with van der Waals surface area (Å²) in [6, 6.07) is 10.3. The normalized spacial score (nSPS) is 23.1. The molecule has 0 unspecified atom stereocenters. The first-order valence-electron chi connectivity index (χ1n) is 21.6. The van der Waals surface area contributed by atoms with Gasteiger partial charge < -0.3 is 30.1 Å². The van der Waals surface area contributed by atoms with Crippen molar-refractivity contribution in [1.82, 2.24) is 49.5 Å². The van der Waals surface area contributed by atoms with Gasteiger partial charge in [-0.25, -0.2) is 19.9 Å². The highest BCUT2D eigenvalue weighted by atomic mass is 79.9. The van der Waals surface area contributed by atoms with Crippen LogP contribution in [0.5, 0.6) is 0 Å². The molecule has 61 heavy (non-hydrogen) atoms. The van der Waals surface area contributed by atoms with E-state index in [1.54, 1.807) is 17.3 Å². The molecule has 0 bridgehead atoms. The Morgan fingerprint density at radius 1 is 0.656 bits per heavy atom. The average Bonchev–Trinajstić information content (AvgIpc) is 4.00. The fourth-order valence-corrected chi connectivity index (χ4v) is 10.7. The van der Waals surface area contributed by atoms with E-state index in [0.29, 0.717) is 34.2 Å². The lowest BCUT2D eigenvalue weighted by Crippen LogP contribution is -2.46. The Hall–Kier alpha value is -4.09. The first kappa shape index (κ1) is 41.0. The maximum Gasteiger partial charge on any atom is 0.143 e. The van der Waals surface area contributed by atoms with Gasteiger partial charge in [-0.15, -0.1) is 0 Å². The number of aromatic nitrogens is 8. The SMILES string of the molecule is Clc1cc2[nH]c3ncnc(NC4CCC(N5CCOCC5)CC4)c3c2cc1Br.Cn1cc(-c2cc3c(cc2Cl)[nH]c2ncnc(NC4CCC(N5CCOCC5)CC4)c23)cn1. The van der Waals surface area contributed by atoms with Crippen LogP contribution >= 0.6 is 39.1 Å². The fraction of sp³-hybridized carbons (Fsp3) is 0.477. The molecule has 2 aliphatic carbocycles. The minimum absolute atomic E-state index is 0.412. The van der Waals surface area contributed by atoms with Crippen molar-refractivity contribution in [2.45, 2.75) is 75.5 Å². The number of aromatic amines is 2. The summed E-state index contributed by atoms with van der Waals surface area (Å²) in [5, 5.41) is 17.3. The molecule has 17 heteroatoms. The van der Waals surface area contributed by atoms with Gasteiger partial charge in [-0.1, -0.05) is 23.2 Å². The second-order valence-electron chi connectivity index (χ2n) is 16.8. The van der Waals surface area contributed by atoms with E-state index >= 15 is 0 Å². The van der Waals surface area contributed by atoms with Crippen LogP contribution in [-0.4, -0.2) is 126 Å². The summed E-state index contributed by atoms with van der Waals surface area (Å²) < 4.78 is 13.7. The molecule has 7 heterocycles. The number of H-pyrrole nitrogens is 2. The topological polar surface area (TPSA) is 150 Å². The molecule has 0 amide bonds. The van der Waals surface area contributed by atoms with E-state index in [2.05, 4.69) is 77.4 Å². The molecule has 11 rings (SSSR count). The fourth-order valence-electron chi connectivity index (χ4n) is 9.91. The lowest BCUT2D eigenvalue weighted by molar-refractivity contribution is 0.00788. The number of hydrogen-bond donors (Lipinski definition) is 4. The quantitative estimate of drug-likeness (QED) is 0.122. The number of aryl methyl sites for hydroxylation is 1. The van der Waals surface area contributed by atoms with Crippen LogP contribution in [0.25, 0.3) is 55.0 Å². The van der Waals surface area contributed by atoms with Crippen molar-refractivity contribution < 1.29 is 9.47 Å². The van der Waals surface area contributed by atoms with Gasteiger partial charge >= 0.3 is 0 Å². The van der Waals surface area contributed by atoms with Crippen molar-refractivity contribution in [2.24, 2.45) is 7.05 Å². The molecule has 2 saturated heterocycles. The highest BCUT2D eigenvalue weighted by Crippen LogP contribution is 2.39. The number of benzene rings is 2. The summed E-state index contributed by atoms with van der Waals surface area (Å²) in [5.74, 6) is 1.79. The standard InChI is InChI=1S/C24H28ClN7O.C20H23BrClN5O/c1-31-13-15(12-28-31)18-10-19-21(11-20(18)25)30-24-22(19)23(26-14-27-24)29-16-2-4-17(5-3-16)32-6-8-33-9-7-32;21-15-9-14-17(10-16(15)22)26-20-18(14)19(23-11-24-20)25-12-1-3-13(4-2-12)27-5-7-28-8-6-27/h10-14,16-17H,2-9H2,1H3,(H2,26,27,29,30);9-13H,1-8H2,(H2,23,24,25,26). The van der Waals surface area contributed by atoms with Gasteiger partial charge in [0.05, 0.1) is 53.4 Å². The van der Waals surface area contributed by atoms with E-state index in [1.165, 1.54) is 25.7 Å². The zero-order chi connectivity index (χ0) is 41.5. The molecule has 7 aromatic rings. The molecule has 2 saturated carbocycles. The summed E-state index contributed by atoms with van der Waals surface area (Å²) in [6.45, 7) is 7.74. The number of ether oxygens (including phenoxy) is 2. The second kappa shape index (κ2) is 17.9. The molecule has 320 valence electrons. The molecule has 2 aromatic carbocycles. The Labute approximate surface area is 372 Å². The molecule has 0 spiro atoms. The molecular weight excluding hydrogens is 879 g/mol. The lowest BCUT2D eigenvalue weighted by Gasteiger charge is -2.39. The summed E-state index contributed by atoms with van der Waals surface area (Å²) >= 11 is 16.4. The maximum absolute atomic E-state index is 6.63. The maximum atomic E-state index is 6.63. The number of anilines is 2. The van der Waals surface area contributed by atoms with Gasteiger partial charge in [-0.05, 0) is 91.6 Å². The van der Waals surface area contributed by atoms with E-state index in [9.17, 15) is 0 Å². The highest BCUT2D eigenvalue weighted by molar-refractivity contribution is 9.10. The van der Waals surface area contributed by atoms with Gasteiger partial charge in [0.15, 0.2) is 0 Å². The van der Waals surface area contributed by atoms with Crippen molar-refractivity contribution in [3.63, 3.8) is 0 Å². The predicted octanol–water partition coefficient (Wildman–Crippen LogP) is 8.80. The molecular formula is C44H51BrCl2N12O2. The summed E-state index contributed by atoms with van der Waals surface area (Å²) in [4.78, 5) is 30.1. The number of nitrogens with one attached hydrogen (secondary N) is 4. The van der Waals surface area contributed by atoms with Crippen LogP contribution in [0.3, 0.4) is 0 Å². The highest BCUT2D eigenvalue weighted by Gasteiger charge is 2.29. The first-order valence-corrected chi connectivity index (χ1v) is 23.1. The number of halogens is 3. The van der Waals surface area contributed by atoms with Crippen molar-refractivity contribution in [3.8, 4) is 11.1 Å². The van der Waals surface area contributed by atoms with Crippen LogP contribution in [-0.2, 0) is 16.5 Å². The lowest BCUT2D eigenvalue weighted by atomic mass is 9.90. The smallest absolute Gasteiger partial charge is 0.143 e. The molecule has 4 N–H and O–H groups in total. The van der Waals surface area contributed by atoms with Crippen molar-refractivity contribution in [2.75, 3.05) is 63.2 Å². The molecule has 5 aromatic heterocycles. The molecule has 4 fully saturated rings. The number of rotatable bonds is 7. The third-order valence-corrected chi connectivity index (χ3v) is 14.6. The minimum atomic E-state index is 0.412. The number of fused-ring (bicyclic) bond motifs is 6. The van der Waals surface area contributed by atoms with Gasteiger partial charge in [0, 0.05) is 101 Å². The second-order valence-corrected chi connectivity index (χ2v) is 18.5. The monoisotopic (exact) mass is 928 g/mol. The predicted molar refractivity (Wildman–Crippen MR) is 247 cm³/mol. The molecule has 14 nitrogen and oxygen atoms in total. The third kappa shape index (κ3) is 8.67. The van der Waals surface area contributed by atoms with Crippen molar-refractivity contribution >= 4 is 94.6 Å². The third-order valence-electron chi connectivity index (χ3n) is 13.1. The van der Waals surface area contributed by atoms with Gasteiger partial charge in [-0.2, -0.15) is 5.10 Å². The van der Waals surface area contributed by atoms with Crippen LogP contribution < -0.4 is 10.6 Å². The van der Waals surface area contributed by atoms with E-state index in [-0.39, 0.29) is 0 Å². The van der Waals surface area contributed by atoms with E-state index in [4.69, 9.17) is 32.7 Å². The Bertz CT molecular complexity index is 2640. The number of nitrogens with zero attached hydrogens (tertiary/aromatic N) is 8. The van der Waals surface area contributed by atoms with Gasteiger partial charge in [-0.3, -0.25) is 14.5 Å². The van der Waals surface area contributed by atoms with Crippen LogP contribution in [0.15, 0.2) is 53.8 Å². The Morgan fingerprint density at radius 2 is 1.15 bits per heavy atom. The van der Waals surface area contributed by atoms with E-state index in [1.807, 2.05) is 37.6 Å². The van der Waals surface area contributed by atoms with Gasteiger partial charge in [0.25, 0.3) is 0 Å². The van der Waals surface area contributed by atoms with E-state index in [0.717, 1.165) is 149 Å². The van der Waals surface area contributed by atoms with Crippen LogP contribution in [0.1, 0.15) is 51.4 Å². The summed E-state index contributed by atoms with van der Waals surface area (Å²) in [5.41, 5.74) is 5.54. The average molecular weight is 931 g/mol. The molecule has 0 radical (unpaired) electrons. The van der Waals surface area contributed by atoms with Crippen LogP contribution in [0, 0.1) is 0 Å². The Balaban J connectivity index is 0.000000148. The van der Waals surface area contributed by atoms with Gasteiger partial charge in [0.2, 0.25) is 0 Å². The number of morpholine rings is 2. The Kier molecular flexibility index (Phi) is 12.1. The molecule has 2 aliphatic heterocycles. The summed E-state index contributed by atoms with van der Waals surface area (Å²) in [7, 11) is 1.91. The first-order chi connectivity index (χ1) is 29.8. The van der Waals surface area contributed by atoms with Gasteiger partial charge in [0.1, 0.15) is 35.6 Å². The van der Waals surface area contributed by atoms with Crippen molar-refractivity contribution in [3.05, 3.63) is 63.8 Å². The number of hydrogen-bond acceptors (Lipinski definition) is 11. The van der Waals surface area contributed by atoms with Crippen LogP contribution in [0.2, 0.25) is 10.0 Å². The summed E-state index contributed by atoms with van der Waals surface area (Å²) in [6.07, 6.45) is 16.5. The zero-order valence-electron chi connectivity index (χ0n) is 34.3. The Morgan fingerprint density at radius 3 is 1.64 bits per heavy atom.